The molecule has 4 heteroatoms. The smallest absolute Gasteiger partial charge is 0.305 e. The van der Waals surface area contributed by atoms with E-state index in [0.29, 0.717) is 13.0 Å². The average Bonchev–Trinajstić information content (AvgIpc) is 2.30. The van der Waals surface area contributed by atoms with Crippen molar-refractivity contribution in [1.29, 1.82) is 0 Å². The molecule has 114 valence electrons. The molecule has 19 heavy (non-hydrogen) atoms. The van der Waals surface area contributed by atoms with E-state index in [9.17, 15) is 4.79 Å². The van der Waals surface area contributed by atoms with Crippen molar-refractivity contribution >= 4 is 5.97 Å². The zero-order valence-corrected chi connectivity index (χ0v) is 13.1. The van der Waals surface area contributed by atoms with Crippen LogP contribution in [0.3, 0.4) is 0 Å². The Labute approximate surface area is 118 Å². The number of hydrogen-bond acceptors (Lipinski definition) is 4. The lowest BCUT2D eigenvalue weighted by atomic mass is 10.1. The van der Waals surface area contributed by atoms with Crippen LogP contribution >= 0.6 is 0 Å². The van der Waals surface area contributed by atoms with Crippen LogP contribution in [0.5, 0.6) is 0 Å². The predicted octanol–water partition coefficient (Wildman–Crippen LogP) is 2.90. The highest BCUT2D eigenvalue weighted by Crippen LogP contribution is 2.05. The third-order valence-corrected chi connectivity index (χ3v) is 2.60. The molecule has 0 fully saturated rings. The van der Waals surface area contributed by atoms with Gasteiger partial charge < -0.3 is 14.8 Å². The number of nitrogens with one attached hydrogen (secondary N) is 1. The summed E-state index contributed by atoms with van der Waals surface area (Å²) in [7, 11) is 0. The van der Waals surface area contributed by atoms with Crippen LogP contribution in [0.2, 0.25) is 0 Å². The maximum atomic E-state index is 11.1. The minimum Gasteiger partial charge on any atom is -0.466 e. The van der Waals surface area contributed by atoms with Crippen LogP contribution in [0.25, 0.3) is 0 Å². The fraction of sp³-hybridized carbons (Fsp3) is 0.933. The van der Waals surface area contributed by atoms with Crippen LogP contribution in [0, 0.1) is 0 Å². The van der Waals surface area contributed by atoms with Crippen LogP contribution in [0.4, 0.5) is 0 Å². The Morgan fingerprint density at radius 3 is 2.37 bits per heavy atom. The minimum absolute atomic E-state index is 0.0468. The normalized spacial score (nSPS) is 11.6. The number of unbranched alkanes of at least 4 members (excludes halogenated alkanes) is 3. The molecule has 0 bridgehead atoms. The van der Waals surface area contributed by atoms with Crippen molar-refractivity contribution < 1.29 is 14.3 Å². The highest BCUT2D eigenvalue weighted by atomic mass is 16.5. The Hall–Kier alpha value is -0.610. The van der Waals surface area contributed by atoms with E-state index >= 15 is 0 Å². The Bertz CT molecular complexity index is 224. The van der Waals surface area contributed by atoms with Crippen LogP contribution in [0.15, 0.2) is 0 Å². The number of carbonyl (C=O) groups is 1. The van der Waals surface area contributed by atoms with E-state index in [-0.39, 0.29) is 11.6 Å². The monoisotopic (exact) mass is 273 g/mol. The van der Waals surface area contributed by atoms with E-state index in [1.165, 1.54) is 0 Å². The van der Waals surface area contributed by atoms with Crippen molar-refractivity contribution in [2.24, 2.45) is 0 Å². The van der Waals surface area contributed by atoms with Crippen molar-refractivity contribution in [3.8, 4) is 0 Å². The first kappa shape index (κ1) is 18.4. The van der Waals surface area contributed by atoms with Crippen molar-refractivity contribution in [2.75, 3.05) is 26.3 Å². The second-order valence-electron chi connectivity index (χ2n) is 5.68. The van der Waals surface area contributed by atoms with Gasteiger partial charge in [-0.2, -0.15) is 0 Å². The van der Waals surface area contributed by atoms with Gasteiger partial charge in [-0.25, -0.2) is 0 Å². The molecule has 0 spiro atoms. The van der Waals surface area contributed by atoms with Gasteiger partial charge in [0.15, 0.2) is 0 Å². The van der Waals surface area contributed by atoms with Gasteiger partial charge in [0.1, 0.15) is 0 Å². The molecular weight excluding hydrogens is 242 g/mol. The maximum Gasteiger partial charge on any atom is 0.305 e. The van der Waals surface area contributed by atoms with Gasteiger partial charge in [-0.1, -0.05) is 12.8 Å². The van der Waals surface area contributed by atoms with E-state index in [1.807, 2.05) is 6.92 Å². The summed E-state index contributed by atoms with van der Waals surface area (Å²) in [5, 5.41) is 3.36. The second kappa shape index (κ2) is 11.2. The summed E-state index contributed by atoms with van der Waals surface area (Å²) < 4.78 is 10.5. The lowest BCUT2D eigenvalue weighted by molar-refractivity contribution is -0.143. The highest BCUT2D eigenvalue weighted by Gasteiger charge is 2.08. The lowest BCUT2D eigenvalue weighted by Gasteiger charge is -2.19. The van der Waals surface area contributed by atoms with Crippen LogP contribution in [0.1, 0.15) is 59.8 Å². The lowest BCUT2D eigenvalue weighted by Crippen LogP contribution is -2.27. The molecular formula is C15H31NO3. The fourth-order valence-electron chi connectivity index (χ4n) is 1.66. The van der Waals surface area contributed by atoms with Crippen LogP contribution in [-0.2, 0) is 14.3 Å². The molecule has 0 aromatic carbocycles. The van der Waals surface area contributed by atoms with Gasteiger partial charge in [-0.3, -0.25) is 4.79 Å². The van der Waals surface area contributed by atoms with E-state index < -0.39 is 0 Å². The molecule has 0 amide bonds. The van der Waals surface area contributed by atoms with E-state index in [2.05, 4.69) is 26.1 Å². The Morgan fingerprint density at radius 1 is 1.05 bits per heavy atom. The zero-order chi connectivity index (χ0) is 14.6. The van der Waals surface area contributed by atoms with Crippen LogP contribution in [-0.4, -0.2) is 37.9 Å². The summed E-state index contributed by atoms with van der Waals surface area (Å²) in [6.45, 7) is 11.2. The zero-order valence-electron chi connectivity index (χ0n) is 13.1. The molecule has 0 rings (SSSR count). The molecule has 0 aromatic heterocycles. The molecule has 0 aliphatic heterocycles. The number of hydrogen-bond donors (Lipinski definition) is 1. The largest absolute Gasteiger partial charge is 0.466 e. The van der Waals surface area contributed by atoms with Gasteiger partial charge >= 0.3 is 5.97 Å². The van der Waals surface area contributed by atoms with Crippen molar-refractivity contribution in [3.05, 3.63) is 0 Å². The highest BCUT2D eigenvalue weighted by molar-refractivity contribution is 5.69. The van der Waals surface area contributed by atoms with Gasteiger partial charge in [0, 0.05) is 13.0 Å². The molecule has 1 N–H and O–H groups in total. The van der Waals surface area contributed by atoms with E-state index in [4.69, 9.17) is 9.47 Å². The quantitative estimate of drug-likeness (QED) is 0.464. The first-order chi connectivity index (χ1) is 8.95. The second-order valence-corrected chi connectivity index (χ2v) is 5.68. The van der Waals surface area contributed by atoms with Gasteiger partial charge in [0.05, 0.1) is 18.8 Å². The average molecular weight is 273 g/mol. The van der Waals surface area contributed by atoms with Gasteiger partial charge in [-0.05, 0) is 47.1 Å². The van der Waals surface area contributed by atoms with Gasteiger partial charge in [0.25, 0.3) is 0 Å². The molecule has 0 aliphatic carbocycles. The van der Waals surface area contributed by atoms with Crippen molar-refractivity contribution in [1.82, 2.24) is 5.32 Å². The molecule has 0 unspecified atom stereocenters. The first-order valence-electron chi connectivity index (χ1n) is 7.46. The van der Waals surface area contributed by atoms with Crippen molar-refractivity contribution in [3.63, 3.8) is 0 Å². The molecule has 0 saturated heterocycles. The molecule has 0 aliphatic rings. The predicted molar refractivity (Wildman–Crippen MR) is 78.3 cm³/mol. The number of esters is 1. The summed E-state index contributed by atoms with van der Waals surface area (Å²) in [5.74, 6) is -0.0695. The minimum atomic E-state index is -0.0695. The van der Waals surface area contributed by atoms with Crippen molar-refractivity contribution in [2.45, 2.75) is 65.4 Å². The summed E-state index contributed by atoms with van der Waals surface area (Å²) in [5.41, 5.74) is -0.0468. The Balaban J connectivity index is 3.13. The third kappa shape index (κ3) is 15.3. The standard InChI is InChI=1S/C15H31NO3/c1-5-18-14(17)10-8-6-7-9-11-16-12-13-19-15(2,3)4/h16H,5-13H2,1-4H3. The first-order valence-corrected chi connectivity index (χ1v) is 7.46. The molecule has 0 aromatic rings. The van der Waals surface area contributed by atoms with E-state index in [1.54, 1.807) is 0 Å². The molecule has 4 nitrogen and oxygen atoms in total. The molecule has 0 saturated carbocycles. The van der Waals surface area contributed by atoms with Gasteiger partial charge in [0.2, 0.25) is 0 Å². The molecule has 0 radical (unpaired) electrons. The molecule has 0 atom stereocenters. The topological polar surface area (TPSA) is 47.6 Å². The summed E-state index contributed by atoms with van der Waals surface area (Å²) in [6.07, 6.45) is 4.90. The van der Waals surface area contributed by atoms with E-state index in [0.717, 1.165) is 45.4 Å². The number of rotatable bonds is 11. The SMILES string of the molecule is CCOC(=O)CCCCCCNCCOC(C)(C)C. The number of carbonyl (C=O) groups excluding carboxylic acids is 1. The third-order valence-electron chi connectivity index (χ3n) is 2.60. The molecule has 0 heterocycles. The fourth-order valence-corrected chi connectivity index (χ4v) is 1.66. The van der Waals surface area contributed by atoms with Gasteiger partial charge in [-0.15, -0.1) is 0 Å². The maximum absolute atomic E-state index is 11.1. The Kier molecular flexibility index (Phi) is 10.9. The summed E-state index contributed by atoms with van der Waals surface area (Å²) in [6, 6.07) is 0. The number of ether oxygens (including phenoxy) is 2. The summed E-state index contributed by atoms with van der Waals surface area (Å²) in [4.78, 5) is 11.1. The van der Waals surface area contributed by atoms with Crippen LogP contribution < -0.4 is 5.32 Å². The summed E-state index contributed by atoms with van der Waals surface area (Å²) >= 11 is 0. The Morgan fingerprint density at radius 2 is 1.74 bits per heavy atom.